The predicted molar refractivity (Wildman–Crippen MR) is 78.5 cm³/mol. The molecule has 9 heteroatoms. The summed E-state index contributed by atoms with van der Waals surface area (Å²) in [6, 6.07) is 4.15. The minimum absolute atomic E-state index is 0.0376. The minimum atomic E-state index is -4.54. The van der Waals surface area contributed by atoms with E-state index in [9.17, 15) is 22.8 Å². The van der Waals surface area contributed by atoms with Crippen molar-refractivity contribution in [1.82, 2.24) is 15.5 Å². The van der Waals surface area contributed by atoms with Gasteiger partial charge in [0.05, 0.1) is 11.8 Å². The normalized spacial score (nSPS) is 14.3. The summed E-state index contributed by atoms with van der Waals surface area (Å²) in [6.45, 7) is 0. The largest absolute Gasteiger partial charge is 0.416 e. The number of hydrogen-bond donors (Lipinski definition) is 3. The number of aromatic nitrogens is 2. The maximum atomic E-state index is 12.7. The molecule has 0 unspecified atom stereocenters. The maximum Gasteiger partial charge on any atom is 0.416 e. The van der Waals surface area contributed by atoms with Crippen LogP contribution in [0.4, 0.5) is 19.0 Å². The van der Waals surface area contributed by atoms with Crippen LogP contribution in [0.3, 0.4) is 0 Å². The summed E-state index contributed by atoms with van der Waals surface area (Å²) < 4.78 is 38.1. The number of aromatic amines is 1. The molecule has 1 aliphatic carbocycles. The molecule has 0 radical (unpaired) electrons. The zero-order valence-corrected chi connectivity index (χ0v) is 12.3. The number of H-pyrrole nitrogens is 1. The topological polar surface area (TPSA) is 86.9 Å². The maximum absolute atomic E-state index is 12.7. The van der Waals surface area contributed by atoms with Crippen LogP contribution in [-0.2, 0) is 6.18 Å². The molecule has 6 nitrogen and oxygen atoms in total. The number of rotatable bonds is 4. The van der Waals surface area contributed by atoms with Crippen LogP contribution in [-0.4, -0.2) is 28.1 Å². The van der Waals surface area contributed by atoms with Gasteiger partial charge in [0.2, 0.25) is 0 Å². The lowest BCUT2D eigenvalue weighted by atomic mass is 10.1. The van der Waals surface area contributed by atoms with Crippen LogP contribution in [0.2, 0.25) is 0 Å². The Balaban J connectivity index is 1.76. The van der Waals surface area contributed by atoms with Gasteiger partial charge in [0.25, 0.3) is 11.8 Å². The minimum Gasteiger partial charge on any atom is -0.349 e. The van der Waals surface area contributed by atoms with E-state index in [1.54, 1.807) is 0 Å². The summed E-state index contributed by atoms with van der Waals surface area (Å²) in [5.41, 5.74) is -0.971. The molecule has 1 fully saturated rings. The molecule has 3 rings (SSSR count). The summed E-state index contributed by atoms with van der Waals surface area (Å²) in [5, 5.41) is 11.3. The Morgan fingerprint density at radius 3 is 2.62 bits per heavy atom. The van der Waals surface area contributed by atoms with Crippen molar-refractivity contribution in [2.45, 2.75) is 25.1 Å². The standard InChI is InChI=1S/C15H13F3N4O2/c16-15(17,18)9-3-1-2-8(6-9)13(23)21-12-11(7-19-22-12)14(24)20-10-4-5-10/h1-3,6-7,10H,4-5H2,(H,20,24)(H2,19,21,22,23). The fourth-order valence-electron chi connectivity index (χ4n) is 2.07. The molecule has 1 aromatic carbocycles. The monoisotopic (exact) mass is 338 g/mol. The third-order valence-corrected chi connectivity index (χ3v) is 3.49. The van der Waals surface area contributed by atoms with Crippen LogP contribution in [0.1, 0.15) is 39.1 Å². The average molecular weight is 338 g/mol. The molecule has 0 saturated heterocycles. The lowest BCUT2D eigenvalue weighted by Gasteiger charge is -2.09. The van der Waals surface area contributed by atoms with E-state index in [1.165, 1.54) is 12.3 Å². The number of benzene rings is 1. The van der Waals surface area contributed by atoms with Crippen molar-refractivity contribution in [3.05, 3.63) is 47.2 Å². The summed E-state index contributed by atoms with van der Waals surface area (Å²) in [7, 11) is 0. The van der Waals surface area contributed by atoms with Crippen molar-refractivity contribution in [3.8, 4) is 0 Å². The number of halogens is 3. The fourth-order valence-corrected chi connectivity index (χ4v) is 2.07. The molecule has 0 atom stereocenters. The van der Waals surface area contributed by atoms with E-state index in [4.69, 9.17) is 0 Å². The van der Waals surface area contributed by atoms with Crippen molar-refractivity contribution in [1.29, 1.82) is 0 Å². The zero-order valence-electron chi connectivity index (χ0n) is 12.3. The van der Waals surface area contributed by atoms with Gasteiger partial charge >= 0.3 is 6.18 Å². The van der Waals surface area contributed by atoms with Crippen molar-refractivity contribution in [2.24, 2.45) is 0 Å². The second kappa shape index (κ2) is 5.99. The van der Waals surface area contributed by atoms with E-state index in [0.29, 0.717) is 0 Å². The third-order valence-electron chi connectivity index (χ3n) is 3.49. The summed E-state index contributed by atoms with van der Waals surface area (Å²) in [5.74, 6) is -1.13. The van der Waals surface area contributed by atoms with Crippen LogP contribution in [0.5, 0.6) is 0 Å². The predicted octanol–water partition coefficient (Wildman–Crippen LogP) is 2.57. The van der Waals surface area contributed by atoms with Crippen molar-refractivity contribution < 1.29 is 22.8 Å². The highest BCUT2D eigenvalue weighted by atomic mass is 19.4. The van der Waals surface area contributed by atoms with Crippen molar-refractivity contribution >= 4 is 17.6 Å². The summed E-state index contributed by atoms with van der Waals surface area (Å²) >= 11 is 0. The Bertz CT molecular complexity index is 781. The lowest BCUT2D eigenvalue weighted by molar-refractivity contribution is -0.137. The Labute approximate surface area is 134 Å². The number of alkyl halides is 3. The highest BCUT2D eigenvalue weighted by molar-refractivity contribution is 6.08. The molecule has 2 aromatic rings. The molecule has 3 N–H and O–H groups in total. The van der Waals surface area contributed by atoms with E-state index in [0.717, 1.165) is 31.0 Å². The smallest absolute Gasteiger partial charge is 0.349 e. The molecule has 24 heavy (non-hydrogen) atoms. The van der Waals surface area contributed by atoms with Crippen LogP contribution in [0, 0.1) is 0 Å². The van der Waals surface area contributed by atoms with Crippen molar-refractivity contribution in [3.63, 3.8) is 0 Å². The first-order valence-corrected chi connectivity index (χ1v) is 7.17. The number of nitrogens with zero attached hydrogens (tertiary/aromatic N) is 1. The summed E-state index contributed by atoms with van der Waals surface area (Å²) in [6.07, 6.45) is -1.50. The van der Waals surface area contributed by atoms with Crippen LogP contribution < -0.4 is 10.6 Å². The molecular weight excluding hydrogens is 325 g/mol. The van der Waals surface area contributed by atoms with Gasteiger partial charge in [0, 0.05) is 11.6 Å². The van der Waals surface area contributed by atoms with Gasteiger partial charge in [-0.2, -0.15) is 18.3 Å². The second-order valence-corrected chi connectivity index (χ2v) is 5.44. The van der Waals surface area contributed by atoms with E-state index in [2.05, 4.69) is 20.8 Å². The van der Waals surface area contributed by atoms with Gasteiger partial charge in [-0.15, -0.1) is 0 Å². The van der Waals surface area contributed by atoms with Gasteiger partial charge in [-0.1, -0.05) is 6.07 Å². The quantitative estimate of drug-likeness (QED) is 0.801. The van der Waals surface area contributed by atoms with E-state index < -0.39 is 23.6 Å². The Kier molecular flexibility index (Phi) is 4.00. The fraction of sp³-hybridized carbons (Fsp3) is 0.267. The first-order valence-electron chi connectivity index (χ1n) is 7.17. The number of carbonyl (C=O) groups excluding carboxylic acids is 2. The van der Waals surface area contributed by atoms with Gasteiger partial charge < -0.3 is 10.6 Å². The number of anilines is 1. The number of amides is 2. The molecule has 1 aliphatic rings. The third kappa shape index (κ3) is 3.55. The molecule has 0 bridgehead atoms. The summed E-state index contributed by atoms with van der Waals surface area (Å²) in [4.78, 5) is 24.2. The van der Waals surface area contributed by atoms with Gasteiger partial charge in [0.15, 0.2) is 0 Å². The Morgan fingerprint density at radius 1 is 1.21 bits per heavy atom. The van der Waals surface area contributed by atoms with Gasteiger partial charge in [0.1, 0.15) is 11.4 Å². The number of nitrogens with one attached hydrogen (secondary N) is 3. The molecule has 0 aliphatic heterocycles. The second-order valence-electron chi connectivity index (χ2n) is 5.44. The Hall–Kier alpha value is -2.84. The van der Waals surface area contributed by atoms with Crippen LogP contribution in [0.15, 0.2) is 30.5 Å². The van der Waals surface area contributed by atoms with Crippen LogP contribution >= 0.6 is 0 Å². The molecule has 126 valence electrons. The van der Waals surface area contributed by atoms with Crippen molar-refractivity contribution in [2.75, 3.05) is 5.32 Å². The van der Waals surface area contributed by atoms with Crippen LogP contribution in [0.25, 0.3) is 0 Å². The van der Waals surface area contributed by atoms with E-state index in [1.807, 2.05) is 0 Å². The first kappa shape index (κ1) is 16.0. The average Bonchev–Trinajstić information content (AvgIpc) is 3.22. The van der Waals surface area contributed by atoms with E-state index >= 15 is 0 Å². The Morgan fingerprint density at radius 2 is 1.96 bits per heavy atom. The SMILES string of the molecule is O=C(Nc1[nH]ncc1C(=O)NC1CC1)c1cccc(C(F)(F)F)c1. The highest BCUT2D eigenvalue weighted by Gasteiger charge is 2.31. The highest BCUT2D eigenvalue weighted by Crippen LogP contribution is 2.29. The zero-order chi connectivity index (χ0) is 17.3. The first-order chi connectivity index (χ1) is 11.3. The number of carbonyl (C=O) groups is 2. The van der Waals surface area contributed by atoms with Gasteiger partial charge in [-0.05, 0) is 31.0 Å². The van der Waals surface area contributed by atoms with E-state index in [-0.39, 0.29) is 23.0 Å². The van der Waals surface area contributed by atoms with Gasteiger partial charge in [-0.25, -0.2) is 0 Å². The molecule has 2 amide bonds. The molecule has 1 saturated carbocycles. The molecule has 1 heterocycles. The molecule has 1 aromatic heterocycles. The molecular formula is C15H13F3N4O2. The number of hydrogen-bond acceptors (Lipinski definition) is 3. The lowest BCUT2D eigenvalue weighted by Crippen LogP contribution is -2.26. The molecule has 0 spiro atoms. The van der Waals surface area contributed by atoms with Gasteiger partial charge in [-0.3, -0.25) is 14.7 Å².